The summed E-state index contributed by atoms with van der Waals surface area (Å²) in [7, 11) is 0. The van der Waals surface area contributed by atoms with Crippen LogP contribution in [0.4, 0.5) is 0 Å². The van der Waals surface area contributed by atoms with E-state index in [4.69, 9.17) is 17.0 Å². The Morgan fingerprint density at radius 1 is 1.07 bits per heavy atom. The molecule has 0 fully saturated rings. The summed E-state index contributed by atoms with van der Waals surface area (Å²) in [4.78, 5) is 24.6. The molecule has 0 bridgehead atoms. The number of nitrogens with zero attached hydrogens (tertiary/aromatic N) is 1. The summed E-state index contributed by atoms with van der Waals surface area (Å²) in [5.74, 6) is -0.0550. The van der Waals surface area contributed by atoms with Crippen molar-refractivity contribution >= 4 is 40.0 Å². The third-order valence-electron chi connectivity index (χ3n) is 4.40. The van der Waals surface area contributed by atoms with E-state index < -0.39 is 0 Å². The van der Waals surface area contributed by atoms with Crippen LogP contribution >= 0.6 is 12.2 Å². The van der Waals surface area contributed by atoms with Gasteiger partial charge in [0.1, 0.15) is 12.3 Å². The molecule has 30 heavy (non-hydrogen) atoms. The minimum Gasteiger partial charge on any atom is -0.494 e. The molecule has 0 atom stereocenters. The zero-order chi connectivity index (χ0) is 21.3. The predicted molar refractivity (Wildman–Crippen MR) is 120 cm³/mol. The first-order valence-electron chi connectivity index (χ1n) is 9.73. The number of carbonyl (C=O) groups excluding carboxylic acids is 2. The summed E-state index contributed by atoms with van der Waals surface area (Å²) >= 11 is 5.10. The molecule has 1 heterocycles. The number of rotatable bonds is 7. The molecule has 0 aliphatic heterocycles. The van der Waals surface area contributed by atoms with E-state index in [1.54, 1.807) is 24.3 Å². The van der Waals surface area contributed by atoms with Crippen LogP contribution in [0.15, 0.2) is 60.8 Å². The van der Waals surface area contributed by atoms with Gasteiger partial charge >= 0.3 is 0 Å². The summed E-state index contributed by atoms with van der Waals surface area (Å²) in [5.41, 5.74) is 6.43. The zero-order valence-electron chi connectivity index (χ0n) is 16.7. The van der Waals surface area contributed by atoms with Crippen molar-refractivity contribution in [1.29, 1.82) is 0 Å². The molecular weight excluding hydrogens is 400 g/mol. The first kappa shape index (κ1) is 21.3. The molecule has 7 nitrogen and oxygen atoms in total. The first-order valence-corrected chi connectivity index (χ1v) is 10.1. The van der Waals surface area contributed by atoms with Crippen LogP contribution in [0, 0.1) is 0 Å². The molecule has 8 heteroatoms. The van der Waals surface area contributed by atoms with E-state index in [0.717, 1.165) is 23.7 Å². The number of para-hydroxylation sites is 1. The number of thiocarbonyl (C=S) groups is 1. The molecule has 3 N–H and O–H groups in total. The molecule has 1 aromatic heterocycles. The topological polar surface area (TPSA) is 84.4 Å². The standard InChI is InChI=1S/C22H24N4O3S/c1-2-3-13-29-18-9-6-8-17(14-18)21(28)23-22(30)25-24-20(27)15-26-12-11-16-7-4-5-10-19(16)26/h4-12,14H,2-3,13,15H2,1H3,(H,24,27)(H2,23,25,28,30). The van der Waals surface area contributed by atoms with Crippen molar-refractivity contribution in [2.75, 3.05) is 6.61 Å². The highest BCUT2D eigenvalue weighted by Gasteiger charge is 2.10. The average Bonchev–Trinajstić information content (AvgIpc) is 3.15. The molecule has 156 valence electrons. The Balaban J connectivity index is 1.47. The summed E-state index contributed by atoms with van der Waals surface area (Å²) < 4.78 is 7.45. The Hall–Kier alpha value is -3.39. The second-order valence-corrected chi connectivity index (χ2v) is 7.10. The molecule has 3 aromatic rings. The Labute approximate surface area is 180 Å². The highest BCUT2D eigenvalue weighted by atomic mass is 32.1. The Kier molecular flexibility index (Phi) is 7.40. The number of unbranched alkanes of at least 4 members (excludes halogenated alkanes) is 1. The van der Waals surface area contributed by atoms with Crippen molar-refractivity contribution in [1.82, 2.24) is 20.7 Å². The van der Waals surface area contributed by atoms with Gasteiger partial charge in [-0.25, -0.2) is 0 Å². The fourth-order valence-electron chi connectivity index (χ4n) is 2.87. The van der Waals surface area contributed by atoms with Crippen molar-refractivity contribution in [3.05, 3.63) is 66.4 Å². The van der Waals surface area contributed by atoms with Crippen LogP contribution < -0.4 is 20.9 Å². The van der Waals surface area contributed by atoms with Crippen LogP contribution in [0.3, 0.4) is 0 Å². The lowest BCUT2D eigenvalue weighted by molar-refractivity contribution is -0.122. The Bertz CT molecular complexity index is 1050. The van der Waals surface area contributed by atoms with Crippen LogP contribution in [0.1, 0.15) is 30.1 Å². The van der Waals surface area contributed by atoms with Crippen molar-refractivity contribution < 1.29 is 14.3 Å². The SMILES string of the molecule is CCCCOc1cccc(C(=O)NC(=S)NNC(=O)Cn2ccc3ccccc32)c1. The summed E-state index contributed by atoms with van der Waals surface area (Å²) in [6.45, 7) is 2.80. The van der Waals surface area contributed by atoms with Gasteiger partial charge in [0.05, 0.1) is 6.61 Å². The van der Waals surface area contributed by atoms with E-state index in [0.29, 0.717) is 17.9 Å². The highest BCUT2D eigenvalue weighted by Crippen LogP contribution is 2.15. The number of nitrogens with one attached hydrogen (secondary N) is 3. The number of ether oxygens (including phenoxy) is 1. The number of benzene rings is 2. The number of amides is 2. The quantitative estimate of drug-likeness (QED) is 0.308. The Morgan fingerprint density at radius 3 is 2.73 bits per heavy atom. The van der Waals surface area contributed by atoms with Gasteiger partial charge < -0.3 is 9.30 Å². The van der Waals surface area contributed by atoms with Crippen molar-refractivity contribution in [3.63, 3.8) is 0 Å². The lowest BCUT2D eigenvalue weighted by atomic mass is 10.2. The predicted octanol–water partition coefficient (Wildman–Crippen LogP) is 3.16. The van der Waals surface area contributed by atoms with Crippen molar-refractivity contribution in [2.45, 2.75) is 26.3 Å². The third kappa shape index (κ3) is 5.81. The maximum Gasteiger partial charge on any atom is 0.258 e. The zero-order valence-corrected chi connectivity index (χ0v) is 17.5. The lowest BCUT2D eigenvalue weighted by Gasteiger charge is -2.12. The monoisotopic (exact) mass is 424 g/mol. The number of aromatic nitrogens is 1. The fourth-order valence-corrected chi connectivity index (χ4v) is 3.01. The van der Waals surface area contributed by atoms with Crippen LogP contribution in [0.2, 0.25) is 0 Å². The smallest absolute Gasteiger partial charge is 0.258 e. The molecule has 0 radical (unpaired) electrons. The van der Waals surface area contributed by atoms with Gasteiger partial charge in [-0.1, -0.05) is 37.6 Å². The van der Waals surface area contributed by atoms with Crippen LogP contribution in [-0.2, 0) is 11.3 Å². The summed E-state index contributed by atoms with van der Waals surface area (Å²) in [6, 6.07) is 16.6. The second kappa shape index (κ2) is 10.4. The molecular formula is C22H24N4O3S. The lowest BCUT2D eigenvalue weighted by Crippen LogP contribution is -2.49. The largest absolute Gasteiger partial charge is 0.494 e. The van der Waals surface area contributed by atoms with Crippen LogP contribution in [0.5, 0.6) is 5.75 Å². The van der Waals surface area contributed by atoms with Gasteiger partial charge in [0, 0.05) is 17.3 Å². The van der Waals surface area contributed by atoms with Crippen LogP contribution in [-0.4, -0.2) is 28.1 Å². The van der Waals surface area contributed by atoms with Gasteiger partial charge in [-0.2, -0.15) is 0 Å². The van der Waals surface area contributed by atoms with Crippen molar-refractivity contribution in [2.24, 2.45) is 0 Å². The molecule has 2 aromatic carbocycles. The van der Waals surface area contributed by atoms with Gasteiger partial charge in [0.2, 0.25) is 0 Å². The number of hydrazine groups is 1. The van der Waals surface area contributed by atoms with E-state index in [2.05, 4.69) is 23.1 Å². The number of fused-ring (bicyclic) bond motifs is 1. The van der Waals surface area contributed by atoms with Gasteiger partial charge in [-0.15, -0.1) is 0 Å². The molecule has 0 aliphatic carbocycles. The summed E-state index contributed by atoms with van der Waals surface area (Å²) in [6.07, 6.45) is 3.83. The minimum atomic E-state index is -0.390. The summed E-state index contributed by atoms with van der Waals surface area (Å²) in [5, 5.41) is 3.60. The van der Waals surface area contributed by atoms with Gasteiger partial charge in [0.25, 0.3) is 11.8 Å². The van der Waals surface area contributed by atoms with E-state index in [9.17, 15) is 9.59 Å². The highest BCUT2D eigenvalue weighted by molar-refractivity contribution is 7.80. The molecule has 2 amide bonds. The number of carbonyl (C=O) groups is 2. The molecule has 0 saturated carbocycles. The van der Waals surface area contributed by atoms with E-state index in [-0.39, 0.29) is 23.5 Å². The first-order chi connectivity index (χ1) is 14.6. The number of hydrogen-bond donors (Lipinski definition) is 3. The normalized spacial score (nSPS) is 10.4. The van der Waals surface area contributed by atoms with E-state index in [1.165, 1.54) is 0 Å². The molecule has 3 rings (SSSR count). The minimum absolute atomic E-state index is 0.00279. The molecule has 0 aliphatic rings. The van der Waals surface area contributed by atoms with Crippen LogP contribution in [0.25, 0.3) is 10.9 Å². The van der Waals surface area contributed by atoms with Gasteiger partial charge in [-0.05, 0) is 54.4 Å². The van der Waals surface area contributed by atoms with E-state index in [1.807, 2.05) is 41.1 Å². The van der Waals surface area contributed by atoms with E-state index >= 15 is 0 Å². The van der Waals surface area contributed by atoms with Crippen molar-refractivity contribution in [3.8, 4) is 5.75 Å². The fraction of sp³-hybridized carbons (Fsp3) is 0.227. The maximum absolute atomic E-state index is 12.4. The molecule has 0 saturated heterocycles. The average molecular weight is 425 g/mol. The van der Waals surface area contributed by atoms with Gasteiger partial charge in [0.15, 0.2) is 5.11 Å². The molecule has 0 unspecified atom stereocenters. The van der Waals surface area contributed by atoms with Gasteiger partial charge in [-0.3, -0.25) is 25.8 Å². The second-order valence-electron chi connectivity index (χ2n) is 6.69. The molecule has 0 spiro atoms. The maximum atomic E-state index is 12.4. The Morgan fingerprint density at radius 2 is 1.90 bits per heavy atom. The third-order valence-corrected chi connectivity index (χ3v) is 4.60. The number of hydrogen-bond acceptors (Lipinski definition) is 4.